The third kappa shape index (κ3) is 3.13. The van der Waals surface area contributed by atoms with Gasteiger partial charge in [0, 0.05) is 13.1 Å². The van der Waals surface area contributed by atoms with E-state index in [1.807, 2.05) is 11.5 Å². The zero-order chi connectivity index (χ0) is 17.3. The maximum Gasteiger partial charge on any atom is 0.451 e. The summed E-state index contributed by atoms with van der Waals surface area (Å²) in [4.78, 5) is 16.7. The lowest BCUT2D eigenvalue weighted by molar-refractivity contribution is -0.144. The van der Waals surface area contributed by atoms with Crippen LogP contribution < -0.4 is 10.6 Å². The Morgan fingerprint density at radius 1 is 1.25 bits per heavy atom. The highest BCUT2D eigenvalue weighted by molar-refractivity contribution is 5.39. The summed E-state index contributed by atoms with van der Waals surface area (Å²) in [7, 11) is 0. The Bertz CT molecular complexity index is 713. The number of alkyl halides is 3. The van der Waals surface area contributed by atoms with Gasteiger partial charge in [0.1, 0.15) is 0 Å². The van der Waals surface area contributed by atoms with E-state index in [0.717, 1.165) is 31.5 Å². The Kier molecular flexibility index (Phi) is 4.29. The Hall–Kier alpha value is -2.39. The molecular weight excluding hydrogens is 323 g/mol. The first kappa shape index (κ1) is 16.5. The van der Waals surface area contributed by atoms with Crippen molar-refractivity contribution in [2.75, 3.05) is 17.2 Å². The van der Waals surface area contributed by atoms with Gasteiger partial charge in [-0.05, 0) is 26.2 Å². The second-order valence-electron chi connectivity index (χ2n) is 5.62. The van der Waals surface area contributed by atoms with Gasteiger partial charge in [-0.1, -0.05) is 0 Å². The molecule has 2 aromatic rings. The van der Waals surface area contributed by atoms with Crippen molar-refractivity contribution in [3.63, 3.8) is 0 Å². The molecule has 0 spiro atoms. The summed E-state index contributed by atoms with van der Waals surface area (Å²) in [6.45, 7) is 3.27. The molecule has 0 bridgehead atoms. The molecule has 0 radical (unpaired) electrons. The Morgan fingerprint density at radius 3 is 2.75 bits per heavy atom. The molecule has 0 amide bonds. The van der Waals surface area contributed by atoms with Crippen molar-refractivity contribution in [2.45, 2.75) is 44.9 Å². The summed E-state index contributed by atoms with van der Waals surface area (Å²) in [6, 6.07) is -0.135. The van der Waals surface area contributed by atoms with Gasteiger partial charge in [-0.2, -0.15) is 28.1 Å². The molecule has 1 aliphatic heterocycles. The average molecular weight is 341 g/mol. The summed E-state index contributed by atoms with van der Waals surface area (Å²) in [5.74, 6) is -1.73. The van der Waals surface area contributed by atoms with Crippen molar-refractivity contribution in [3.05, 3.63) is 24.0 Å². The Balaban J connectivity index is 2.01. The number of nitrogens with two attached hydrogens (primary N) is 1. The van der Waals surface area contributed by atoms with Crippen LogP contribution in [0.2, 0.25) is 0 Å². The van der Waals surface area contributed by atoms with Gasteiger partial charge in [-0.15, -0.1) is 0 Å². The average Bonchev–Trinajstić information content (AvgIpc) is 3.02. The van der Waals surface area contributed by atoms with Gasteiger partial charge in [0.15, 0.2) is 0 Å². The van der Waals surface area contributed by atoms with Crippen LogP contribution in [0.3, 0.4) is 0 Å². The van der Waals surface area contributed by atoms with E-state index < -0.39 is 17.9 Å². The number of nitrogens with zero attached hydrogens (tertiary/aromatic N) is 6. The van der Waals surface area contributed by atoms with Crippen molar-refractivity contribution < 1.29 is 13.2 Å². The van der Waals surface area contributed by atoms with E-state index in [1.54, 1.807) is 17.4 Å². The van der Waals surface area contributed by atoms with Crippen LogP contribution >= 0.6 is 0 Å². The SMILES string of the molecule is CCn1cncc1[C@@H]1CCCCN1c1nc(N)nc(C(F)(F)F)n1. The minimum atomic E-state index is -4.66. The fraction of sp³-hybridized carbons (Fsp3) is 0.571. The van der Waals surface area contributed by atoms with Crippen LogP contribution in [0, 0.1) is 0 Å². The van der Waals surface area contributed by atoms with E-state index in [1.165, 1.54) is 0 Å². The van der Waals surface area contributed by atoms with Crippen LogP contribution in [-0.2, 0) is 12.7 Å². The number of hydrogen-bond acceptors (Lipinski definition) is 6. The molecule has 2 N–H and O–H groups in total. The predicted molar refractivity (Wildman–Crippen MR) is 81.1 cm³/mol. The number of imidazole rings is 1. The van der Waals surface area contributed by atoms with Crippen LogP contribution in [0.15, 0.2) is 12.5 Å². The Morgan fingerprint density at radius 2 is 2.04 bits per heavy atom. The second kappa shape index (κ2) is 6.25. The van der Waals surface area contributed by atoms with Crippen LogP contribution in [-0.4, -0.2) is 31.0 Å². The minimum absolute atomic E-state index is 0.0385. The van der Waals surface area contributed by atoms with Gasteiger partial charge in [-0.3, -0.25) is 0 Å². The van der Waals surface area contributed by atoms with E-state index >= 15 is 0 Å². The van der Waals surface area contributed by atoms with Crippen molar-refractivity contribution in [3.8, 4) is 0 Å². The first-order valence-corrected chi connectivity index (χ1v) is 7.75. The lowest BCUT2D eigenvalue weighted by Crippen LogP contribution is -2.36. The van der Waals surface area contributed by atoms with Crippen molar-refractivity contribution in [2.24, 2.45) is 0 Å². The summed E-state index contributed by atoms with van der Waals surface area (Å²) in [5, 5.41) is 0. The molecular formula is C14H18F3N7. The summed E-state index contributed by atoms with van der Waals surface area (Å²) >= 11 is 0. The molecule has 0 saturated carbocycles. The molecule has 1 saturated heterocycles. The third-order valence-corrected chi connectivity index (χ3v) is 4.08. The number of aromatic nitrogens is 5. The normalized spacial score (nSPS) is 18.8. The summed E-state index contributed by atoms with van der Waals surface area (Å²) < 4.78 is 40.9. The van der Waals surface area contributed by atoms with Gasteiger partial charge in [0.05, 0.1) is 24.3 Å². The number of piperidine rings is 1. The first-order valence-electron chi connectivity index (χ1n) is 7.75. The van der Waals surface area contributed by atoms with Gasteiger partial charge in [0.25, 0.3) is 0 Å². The summed E-state index contributed by atoms with van der Waals surface area (Å²) in [6.07, 6.45) is 1.40. The quantitative estimate of drug-likeness (QED) is 0.923. The first-order chi connectivity index (χ1) is 11.4. The molecule has 24 heavy (non-hydrogen) atoms. The molecule has 2 aromatic heterocycles. The summed E-state index contributed by atoms with van der Waals surface area (Å²) in [5.41, 5.74) is 6.41. The monoisotopic (exact) mass is 341 g/mol. The van der Waals surface area contributed by atoms with E-state index in [2.05, 4.69) is 19.9 Å². The van der Waals surface area contributed by atoms with E-state index in [-0.39, 0.29) is 12.0 Å². The standard InChI is InChI=1S/C14H18F3N7/c1-2-23-8-19-7-10(23)9-5-3-4-6-24(9)13-21-11(14(15,16)17)20-12(18)22-13/h7-9H,2-6H2,1H3,(H2,18,20,21,22)/t9-/m0/s1. The van der Waals surface area contributed by atoms with Crippen LogP contribution in [0.1, 0.15) is 43.7 Å². The van der Waals surface area contributed by atoms with Crippen molar-refractivity contribution >= 4 is 11.9 Å². The molecule has 10 heteroatoms. The van der Waals surface area contributed by atoms with Gasteiger partial charge in [0.2, 0.25) is 17.7 Å². The largest absolute Gasteiger partial charge is 0.451 e. The highest BCUT2D eigenvalue weighted by Gasteiger charge is 2.37. The lowest BCUT2D eigenvalue weighted by Gasteiger charge is -2.36. The molecule has 0 aromatic carbocycles. The van der Waals surface area contributed by atoms with E-state index in [4.69, 9.17) is 5.73 Å². The molecule has 1 fully saturated rings. The smallest absolute Gasteiger partial charge is 0.368 e. The molecule has 3 heterocycles. The molecule has 7 nitrogen and oxygen atoms in total. The van der Waals surface area contributed by atoms with Gasteiger partial charge >= 0.3 is 6.18 Å². The second-order valence-corrected chi connectivity index (χ2v) is 5.62. The van der Waals surface area contributed by atoms with Crippen LogP contribution in [0.4, 0.5) is 25.1 Å². The highest BCUT2D eigenvalue weighted by Crippen LogP contribution is 2.35. The van der Waals surface area contributed by atoms with E-state index in [9.17, 15) is 13.2 Å². The van der Waals surface area contributed by atoms with Gasteiger partial charge in [-0.25, -0.2) is 4.98 Å². The fourth-order valence-electron chi connectivity index (χ4n) is 2.99. The maximum atomic E-state index is 13.0. The molecule has 1 atom stereocenters. The number of rotatable bonds is 3. The molecule has 3 rings (SSSR count). The number of nitrogen functional groups attached to an aromatic ring is 1. The lowest BCUT2D eigenvalue weighted by atomic mass is 10.00. The van der Waals surface area contributed by atoms with Crippen LogP contribution in [0.5, 0.6) is 0 Å². The number of hydrogen-bond donors (Lipinski definition) is 1. The van der Waals surface area contributed by atoms with Gasteiger partial charge < -0.3 is 15.2 Å². The molecule has 1 aliphatic rings. The minimum Gasteiger partial charge on any atom is -0.368 e. The number of halogens is 3. The zero-order valence-electron chi connectivity index (χ0n) is 13.2. The highest BCUT2D eigenvalue weighted by atomic mass is 19.4. The molecule has 130 valence electrons. The maximum absolute atomic E-state index is 13.0. The topological polar surface area (TPSA) is 85.8 Å². The predicted octanol–water partition coefficient (Wildman–Crippen LogP) is 2.42. The van der Waals surface area contributed by atoms with Crippen molar-refractivity contribution in [1.29, 1.82) is 0 Å². The van der Waals surface area contributed by atoms with Crippen LogP contribution in [0.25, 0.3) is 0 Å². The van der Waals surface area contributed by atoms with Crippen molar-refractivity contribution in [1.82, 2.24) is 24.5 Å². The zero-order valence-corrected chi connectivity index (χ0v) is 13.2. The third-order valence-electron chi connectivity index (χ3n) is 4.08. The Labute approximate surface area is 136 Å². The molecule has 0 unspecified atom stereocenters. The van der Waals surface area contributed by atoms with E-state index in [0.29, 0.717) is 6.54 Å². The fourth-order valence-corrected chi connectivity index (χ4v) is 2.99. The number of aryl methyl sites for hydroxylation is 1. The molecule has 0 aliphatic carbocycles. The number of anilines is 2.